The summed E-state index contributed by atoms with van der Waals surface area (Å²) in [4.78, 5) is 16.8. The number of nitro groups is 1. The lowest BCUT2D eigenvalue weighted by atomic mass is 10.2. The highest BCUT2D eigenvalue weighted by Gasteiger charge is 2.13. The van der Waals surface area contributed by atoms with Gasteiger partial charge in [0.15, 0.2) is 6.20 Å². The van der Waals surface area contributed by atoms with Crippen molar-refractivity contribution < 1.29 is 9.49 Å². The Bertz CT molecular complexity index is 560. The predicted molar refractivity (Wildman–Crippen MR) is 61.8 cm³/mol. The quantitative estimate of drug-likeness (QED) is 0.491. The number of pyridine rings is 1. The third kappa shape index (κ3) is 2.54. The molecule has 1 N–H and O–H groups in total. The second-order valence-corrected chi connectivity index (χ2v) is 3.51. The molecule has 6 nitrogen and oxygen atoms in total. The van der Waals surface area contributed by atoms with Gasteiger partial charge in [-0.3, -0.25) is 4.98 Å². The van der Waals surface area contributed by atoms with Crippen molar-refractivity contribution in [3.63, 3.8) is 0 Å². The van der Waals surface area contributed by atoms with Crippen LogP contribution >= 0.6 is 0 Å². The Morgan fingerprint density at radius 3 is 2.94 bits per heavy atom. The molecule has 0 amide bonds. The molecule has 6 heteroatoms. The molecular formula is C11H11N4O2+. The SMILES string of the molecule is C[n+]1cc([N+](=O)[O-])[nH]c1/C=C/c1cccnc1. The standard InChI is InChI=1S/C11H10N4O2/c1-14-8-11(15(16)17)13-10(14)5-4-9-3-2-6-12-7-9/h2-8H,1H3/p+1/b5-4+. The van der Waals surface area contributed by atoms with Crippen molar-refractivity contribution in [3.8, 4) is 0 Å². The van der Waals surface area contributed by atoms with E-state index in [4.69, 9.17) is 0 Å². The molecule has 2 aromatic heterocycles. The van der Waals surface area contributed by atoms with E-state index in [2.05, 4.69) is 9.97 Å². The topological polar surface area (TPSA) is 75.7 Å². The van der Waals surface area contributed by atoms with Gasteiger partial charge in [0.05, 0.1) is 7.05 Å². The maximum absolute atomic E-state index is 10.6. The summed E-state index contributed by atoms with van der Waals surface area (Å²) in [7, 11) is 1.74. The number of aryl methyl sites for hydroxylation is 1. The van der Waals surface area contributed by atoms with Gasteiger partial charge in [-0.1, -0.05) is 6.07 Å². The van der Waals surface area contributed by atoms with Crippen LogP contribution in [0.4, 0.5) is 5.82 Å². The van der Waals surface area contributed by atoms with E-state index in [-0.39, 0.29) is 5.82 Å². The second-order valence-electron chi connectivity index (χ2n) is 3.51. The van der Waals surface area contributed by atoms with E-state index in [0.29, 0.717) is 5.82 Å². The van der Waals surface area contributed by atoms with Gasteiger partial charge in [-0.05, 0) is 22.6 Å². The lowest BCUT2D eigenvalue weighted by Crippen LogP contribution is -2.28. The first-order valence-corrected chi connectivity index (χ1v) is 4.98. The number of imidazole rings is 1. The van der Waals surface area contributed by atoms with Crippen LogP contribution in [0.15, 0.2) is 30.7 Å². The average Bonchev–Trinajstić information content (AvgIpc) is 2.70. The number of aromatic amines is 1. The van der Waals surface area contributed by atoms with Gasteiger partial charge in [0.1, 0.15) is 0 Å². The molecule has 2 heterocycles. The first-order valence-electron chi connectivity index (χ1n) is 4.98. The molecule has 0 aromatic carbocycles. The van der Waals surface area contributed by atoms with E-state index >= 15 is 0 Å². The van der Waals surface area contributed by atoms with Crippen LogP contribution in [0, 0.1) is 10.1 Å². The van der Waals surface area contributed by atoms with Gasteiger partial charge in [0.25, 0.3) is 5.82 Å². The van der Waals surface area contributed by atoms with E-state index < -0.39 is 4.92 Å². The Kier molecular flexibility index (Phi) is 2.95. The molecule has 0 aliphatic heterocycles. The summed E-state index contributed by atoms with van der Waals surface area (Å²) in [6.45, 7) is 0. The minimum atomic E-state index is -0.457. The van der Waals surface area contributed by atoms with Crippen LogP contribution in [0.3, 0.4) is 0 Å². The molecule has 2 rings (SSSR count). The van der Waals surface area contributed by atoms with Gasteiger partial charge < -0.3 is 10.1 Å². The number of hydrogen-bond donors (Lipinski definition) is 1. The number of rotatable bonds is 3. The molecular weight excluding hydrogens is 220 g/mol. The molecule has 0 bridgehead atoms. The first-order chi connectivity index (χ1) is 8.16. The summed E-state index contributed by atoms with van der Waals surface area (Å²) < 4.78 is 1.66. The molecule has 0 saturated carbocycles. The molecule has 0 radical (unpaired) electrons. The molecule has 2 aromatic rings. The summed E-state index contributed by atoms with van der Waals surface area (Å²) in [6.07, 6.45) is 8.44. The van der Waals surface area contributed by atoms with Gasteiger partial charge in [0.2, 0.25) is 0 Å². The Morgan fingerprint density at radius 1 is 1.53 bits per heavy atom. The number of hydrogen-bond acceptors (Lipinski definition) is 3. The minimum absolute atomic E-state index is 0.0293. The third-order valence-electron chi connectivity index (χ3n) is 2.27. The number of aromatic nitrogens is 3. The van der Waals surface area contributed by atoms with Gasteiger partial charge in [-0.15, -0.1) is 0 Å². The number of nitrogens with zero attached hydrogens (tertiary/aromatic N) is 3. The van der Waals surface area contributed by atoms with Crippen molar-refractivity contribution in [3.05, 3.63) is 52.2 Å². The van der Waals surface area contributed by atoms with Crippen molar-refractivity contribution in [2.75, 3.05) is 0 Å². The Labute approximate surface area is 97.4 Å². The predicted octanol–water partition coefficient (Wildman–Crippen LogP) is 1.31. The highest BCUT2D eigenvalue weighted by atomic mass is 16.6. The van der Waals surface area contributed by atoms with Gasteiger partial charge in [-0.2, -0.15) is 0 Å². The van der Waals surface area contributed by atoms with E-state index in [1.165, 1.54) is 6.20 Å². The summed E-state index contributed by atoms with van der Waals surface area (Å²) in [5, 5.41) is 10.6. The smallest absolute Gasteiger partial charge is 0.358 e. The number of nitrogens with one attached hydrogen (secondary N) is 1. The van der Waals surface area contributed by atoms with Crippen LogP contribution in [0.5, 0.6) is 0 Å². The average molecular weight is 231 g/mol. The normalized spacial score (nSPS) is 10.9. The number of H-pyrrole nitrogens is 1. The van der Waals surface area contributed by atoms with Gasteiger partial charge >= 0.3 is 5.82 Å². The minimum Gasteiger partial charge on any atom is -0.358 e. The van der Waals surface area contributed by atoms with Crippen molar-refractivity contribution in [1.29, 1.82) is 0 Å². The molecule has 17 heavy (non-hydrogen) atoms. The molecule has 0 spiro atoms. The van der Waals surface area contributed by atoms with E-state index in [0.717, 1.165) is 5.56 Å². The third-order valence-corrected chi connectivity index (χ3v) is 2.27. The monoisotopic (exact) mass is 231 g/mol. The molecule has 0 saturated heterocycles. The van der Waals surface area contributed by atoms with Gasteiger partial charge in [0, 0.05) is 18.5 Å². The van der Waals surface area contributed by atoms with E-state index in [9.17, 15) is 10.1 Å². The summed E-state index contributed by atoms with van der Waals surface area (Å²) in [5.41, 5.74) is 0.935. The molecule has 0 fully saturated rings. The fourth-order valence-corrected chi connectivity index (χ4v) is 1.41. The van der Waals surface area contributed by atoms with E-state index in [1.54, 1.807) is 30.1 Å². The zero-order chi connectivity index (χ0) is 12.3. The molecule has 0 aliphatic rings. The maximum Gasteiger partial charge on any atom is 0.363 e. The van der Waals surface area contributed by atoms with Gasteiger partial charge in [-0.25, -0.2) is 9.55 Å². The van der Waals surface area contributed by atoms with Crippen LogP contribution in [0.2, 0.25) is 0 Å². The van der Waals surface area contributed by atoms with Crippen molar-refractivity contribution >= 4 is 18.0 Å². The van der Waals surface area contributed by atoms with Crippen LogP contribution in [0.1, 0.15) is 11.4 Å². The summed E-state index contributed by atoms with van der Waals surface area (Å²) in [6, 6.07) is 3.73. The lowest BCUT2D eigenvalue weighted by Gasteiger charge is -1.89. The van der Waals surface area contributed by atoms with Crippen LogP contribution in [0.25, 0.3) is 12.2 Å². The summed E-state index contributed by atoms with van der Waals surface area (Å²) in [5.74, 6) is 0.624. The Balaban J connectivity index is 2.24. The summed E-state index contributed by atoms with van der Waals surface area (Å²) >= 11 is 0. The molecule has 0 unspecified atom stereocenters. The highest BCUT2D eigenvalue weighted by molar-refractivity contribution is 5.65. The largest absolute Gasteiger partial charge is 0.363 e. The fraction of sp³-hybridized carbons (Fsp3) is 0.0909. The van der Waals surface area contributed by atoms with Crippen molar-refractivity contribution in [2.24, 2.45) is 7.05 Å². The van der Waals surface area contributed by atoms with Crippen molar-refractivity contribution in [2.45, 2.75) is 0 Å². The van der Waals surface area contributed by atoms with Crippen molar-refractivity contribution in [1.82, 2.24) is 9.97 Å². The highest BCUT2D eigenvalue weighted by Crippen LogP contribution is 2.07. The Hall–Kier alpha value is -2.50. The van der Waals surface area contributed by atoms with Crippen LogP contribution < -0.4 is 4.57 Å². The first kappa shape index (κ1) is 11.0. The lowest BCUT2D eigenvalue weighted by molar-refractivity contribution is -0.673. The van der Waals surface area contributed by atoms with Crippen LogP contribution in [-0.4, -0.2) is 14.9 Å². The van der Waals surface area contributed by atoms with E-state index in [1.807, 2.05) is 18.2 Å². The zero-order valence-corrected chi connectivity index (χ0v) is 9.20. The fourth-order valence-electron chi connectivity index (χ4n) is 1.41. The second kappa shape index (κ2) is 4.56. The molecule has 0 atom stereocenters. The zero-order valence-electron chi connectivity index (χ0n) is 9.20. The Morgan fingerprint density at radius 2 is 2.35 bits per heavy atom. The molecule has 0 aliphatic carbocycles. The molecule has 86 valence electrons. The maximum atomic E-state index is 10.6. The van der Waals surface area contributed by atoms with Crippen LogP contribution in [-0.2, 0) is 7.05 Å².